The number of anilines is 1. The maximum absolute atomic E-state index is 12.7. The maximum Gasteiger partial charge on any atom is 0.350 e. The summed E-state index contributed by atoms with van der Waals surface area (Å²) in [5.41, 5.74) is 1.36. The molecule has 0 aliphatic heterocycles. The van der Waals surface area contributed by atoms with Gasteiger partial charge in [0.2, 0.25) is 15.9 Å². The molecule has 0 bridgehead atoms. The van der Waals surface area contributed by atoms with Gasteiger partial charge in [0.15, 0.2) is 5.13 Å². The van der Waals surface area contributed by atoms with Crippen molar-refractivity contribution in [1.29, 1.82) is 0 Å². The first-order valence-corrected chi connectivity index (χ1v) is 11.4. The van der Waals surface area contributed by atoms with Crippen LogP contribution in [0.15, 0.2) is 29.2 Å². The Morgan fingerprint density at radius 1 is 1.17 bits per heavy atom. The molecule has 1 aromatic carbocycles. The molecule has 29 heavy (non-hydrogen) atoms. The highest BCUT2D eigenvalue weighted by Crippen LogP contribution is 2.24. The molecule has 0 saturated carbocycles. The second kappa shape index (κ2) is 9.47. The van der Waals surface area contributed by atoms with Gasteiger partial charge in [-0.2, -0.15) is 4.72 Å². The molecule has 1 atom stereocenters. The first-order valence-electron chi connectivity index (χ1n) is 9.09. The number of thiazole rings is 1. The fourth-order valence-corrected chi connectivity index (χ4v) is 4.67. The normalized spacial score (nSPS) is 12.6. The molecule has 1 aromatic heterocycles. The van der Waals surface area contributed by atoms with Crippen molar-refractivity contribution in [3.05, 3.63) is 40.4 Å². The lowest BCUT2D eigenvalue weighted by Gasteiger charge is -2.21. The molecule has 1 amide bonds. The Balaban J connectivity index is 2.19. The van der Waals surface area contributed by atoms with E-state index in [4.69, 9.17) is 4.74 Å². The van der Waals surface area contributed by atoms with Gasteiger partial charge in [-0.3, -0.25) is 4.79 Å². The van der Waals surface area contributed by atoms with Crippen molar-refractivity contribution in [1.82, 2.24) is 9.71 Å². The largest absolute Gasteiger partial charge is 0.462 e. The number of amides is 1. The Bertz CT molecular complexity index is 982. The molecule has 8 nitrogen and oxygen atoms in total. The van der Waals surface area contributed by atoms with Gasteiger partial charge in [-0.15, -0.1) is 0 Å². The molecule has 2 aromatic rings. The molecule has 2 N–H and O–H groups in total. The highest BCUT2D eigenvalue weighted by molar-refractivity contribution is 7.89. The van der Waals surface area contributed by atoms with Crippen LogP contribution in [-0.2, 0) is 19.6 Å². The van der Waals surface area contributed by atoms with Crippen molar-refractivity contribution in [3.63, 3.8) is 0 Å². The van der Waals surface area contributed by atoms with Gasteiger partial charge in [0.05, 0.1) is 17.2 Å². The number of benzene rings is 1. The van der Waals surface area contributed by atoms with Gasteiger partial charge >= 0.3 is 5.97 Å². The van der Waals surface area contributed by atoms with Gasteiger partial charge < -0.3 is 10.1 Å². The van der Waals surface area contributed by atoms with E-state index in [9.17, 15) is 18.0 Å². The molecule has 0 aliphatic rings. The molecule has 1 unspecified atom stereocenters. The third kappa shape index (κ3) is 5.84. The summed E-state index contributed by atoms with van der Waals surface area (Å²) in [5, 5.41) is 2.80. The predicted octanol–water partition coefficient (Wildman–Crippen LogP) is 2.88. The summed E-state index contributed by atoms with van der Waals surface area (Å²) in [4.78, 5) is 29.2. The fourth-order valence-electron chi connectivity index (χ4n) is 2.46. The van der Waals surface area contributed by atoms with Gasteiger partial charge in [-0.05, 0) is 38.8 Å². The molecule has 1 heterocycles. The standard InChI is InChI=1S/C19H25N3O5S2/c1-6-27-18(24)16-13(5)20-19(28-16)21-17(23)15(11(2)3)22-29(25,26)14-9-7-12(4)8-10-14/h7-11,15,22H,6H2,1-5H3,(H,20,21,23). The zero-order chi connectivity index (χ0) is 21.8. The number of nitrogens with zero attached hydrogens (tertiary/aromatic N) is 1. The number of carbonyl (C=O) groups is 2. The van der Waals surface area contributed by atoms with Gasteiger partial charge in [-0.25, -0.2) is 18.2 Å². The molecule has 0 saturated heterocycles. The second-order valence-corrected chi connectivity index (χ2v) is 9.51. The van der Waals surface area contributed by atoms with E-state index in [1.165, 1.54) is 12.1 Å². The van der Waals surface area contributed by atoms with Crippen molar-refractivity contribution in [3.8, 4) is 0 Å². The van der Waals surface area contributed by atoms with Crippen LogP contribution in [0.25, 0.3) is 0 Å². The Labute approximate surface area is 174 Å². The average molecular weight is 440 g/mol. The zero-order valence-electron chi connectivity index (χ0n) is 17.0. The van der Waals surface area contributed by atoms with Crippen LogP contribution < -0.4 is 10.0 Å². The van der Waals surface area contributed by atoms with E-state index in [2.05, 4.69) is 15.0 Å². The maximum atomic E-state index is 12.7. The summed E-state index contributed by atoms with van der Waals surface area (Å²) in [5.74, 6) is -1.39. The summed E-state index contributed by atoms with van der Waals surface area (Å²) in [6.45, 7) is 8.89. The zero-order valence-corrected chi connectivity index (χ0v) is 18.6. The Kier molecular flexibility index (Phi) is 7.50. The van der Waals surface area contributed by atoms with E-state index in [1.807, 2.05) is 6.92 Å². The van der Waals surface area contributed by atoms with Crippen molar-refractivity contribution in [2.45, 2.75) is 45.6 Å². The number of aryl methyl sites for hydroxylation is 2. The molecule has 0 aliphatic carbocycles. The number of carbonyl (C=O) groups excluding carboxylic acids is 2. The van der Waals surface area contributed by atoms with Crippen molar-refractivity contribution in [2.24, 2.45) is 5.92 Å². The van der Waals surface area contributed by atoms with Crippen LogP contribution in [-0.4, -0.2) is 37.9 Å². The van der Waals surface area contributed by atoms with Crippen LogP contribution in [0, 0.1) is 19.8 Å². The number of ether oxygens (including phenoxy) is 1. The molecule has 0 spiro atoms. The average Bonchev–Trinajstić information content (AvgIpc) is 3.00. The lowest BCUT2D eigenvalue weighted by atomic mass is 10.1. The lowest BCUT2D eigenvalue weighted by Crippen LogP contribution is -2.47. The predicted molar refractivity (Wildman–Crippen MR) is 112 cm³/mol. The van der Waals surface area contributed by atoms with Gasteiger partial charge in [0, 0.05) is 0 Å². The number of sulfonamides is 1. The van der Waals surface area contributed by atoms with Gasteiger partial charge in [-0.1, -0.05) is 42.9 Å². The quantitative estimate of drug-likeness (QED) is 0.611. The minimum absolute atomic E-state index is 0.0799. The topological polar surface area (TPSA) is 114 Å². The van der Waals surface area contributed by atoms with E-state index >= 15 is 0 Å². The minimum atomic E-state index is -3.88. The SMILES string of the molecule is CCOC(=O)c1sc(NC(=O)C(NS(=O)(=O)c2ccc(C)cc2)C(C)C)nc1C. The molecule has 0 radical (unpaired) electrons. The molecule has 158 valence electrons. The monoisotopic (exact) mass is 439 g/mol. The van der Waals surface area contributed by atoms with Crippen molar-refractivity contribution < 1.29 is 22.7 Å². The first kappa shape index (κ1) is 23.0. The lowest BCUT2D eigenvalue weighted by molar-refractivity contribution is -0.118. The van der Waals surface area contributed by atoms with E-state index in [-0.39, 0.29) is 22.6 Å². The fraction of sp³-hybridized carbons (Fsp3) is 0.421. The Morgan fingerprint density at radius 3 is 2.34 bits per heavy atom. The van der Waals surface area contributed by atoms with Crippen LogP contribution >= 0.6 is 11.3 Å². The Morgan fingerprint density at radius 2 is 1.79 bits per heavy atom. The van der Waals surface area contributed by atoms with Gasteiger partial charge in [0.1, 0.15) is 10.9 Å². The minimum Gasteiger partial charge on any atom is -0.462 e. The summed E-state index contributed by atoms with van der Waals surface area (Å²) in [6, 6.07) is 5.34. The smallest absolute Gasteiger partial charge is 0.350 e. The molecular formula is C19H25N3O5S2. The number of esters is 1. The van der Waals surface area contributed by atoms with Crippen molar-refractivity contribution in [2.75, 3.05) is 11.9 Å². The number of nitrogens with one attached hydrogen (secondary N) is 2. The van der Waals surface area contributed by atoms with Gasteiger partial charge in [0.25, 0.3) is 0 Å². The molecule has 10 heteroatoms. The Hall–Kier alpha value is -2.30. The summed E-state index contributed by atoms with van der Waals surface area (Å²) in [6.07, 6.45) is 0. The first-order chi connectivity index (χ1) is 13.5. The van der Waals surface area contributed by atoms with Crippen LogP contribution in [0.5, 0.6) is 0 Å². The van der Waals surface area contributed by atoms with Crippen LogP contribution in [0.1, 0.15) is 41.7 Å². The van der Waals surface area contributed by atoms with E-state index < -0.39 is 27.9 Å². The van der Waals surface area contributed by atoms with Crippen LogP contribution in [0.4, 0.5) is 5.13 Å². The summed E-state index contributed by atoms with van der Waals surface area (Å²) in [7, 11) is -3.88. The third-order valence-corrected chi connectivity index (χ3v) is 6.56. The summed E-state index contributed by atoms with van der Waals surface area (Å²) < 4.78 is 32.8. The number of aromatic nitrogens is 1. The van der Waals surface area contributed by atoms with E-state index in [0.29, 0.717) is 10.6 Å². The van der Waals surface area contributed by atoms with Crippen LogP contribution in [0.2, 0.25) is 0 Å². The molecular weight excluding hydrogens is 414 g/mol. The summed E-state index contributed by atoms with van der Waals surface area (Å²) >= 11 is 0.986. The second-order valence-electron chi connectivity index (χ2n) is 6.80. The number of hydrogen-bond acceptors (Lipinski definition) is 7. The number of rotatable bonds is 8. The highest BCUT2D eigenvalue weighted by atomic mass is 32.2. The van der Waals surface area contributed by atoms with E-state index in [1.54, 1.807) is 39.8 Å². The molecule has 2 rings (SSSR count). The van der Waals surface area contributed by atoms with Crippen LogP contribution in [0.3, 0.4) is 0 Å². The highest BCUT2D eigenvalue weighted by Gasteiger charge is 2.29. The third-order valence-electron chi connectivity index (χ3n) is 4.05. The molecule has 0 fully saturated rings. The number of hydrogen-bond donors (Lipinski definition) is 2. The van der Waals surface area contributed by atoms with Crippen molar-refractivity contribution >= 4 is 38.4 Å². The van der Waals surface area contributed by atoms with E-state index in [0.717, 1.165) is 16.9 Å².